The number of hydrogen-bond acceptors (Lipinski definition) is 1. The maximum atomic E-state index is 5.23. The Morgan fingerprint density at radius 2 is 1.34 bits per heavy atom. The number of hydrogen-bond donors (Lipinski definition) is 0. The Balaban J connectivity index is 1.84. The van der Waals surface area contributed by atoms with Crippen molar-refractivity contribution >= 4 is 10.9 Å². The molecule has 1 aliphatic rings. The van der Waals surface area contributed by atoms with Gasteiger partial charge in [0.1, 0.15) is 0 Å². The molecule has 3 aromatic carbocycles. The van der Waals surface area contributed by atoms with E-state index in [1.54, 1.807) is 0 Å². The van der Waals surface area contributed by atoms with Crippen molar-refractivity contribution in [3.8, 4) is 22.4 Å². The molecule has 0 saturated heterocycles. The lowest BCUT2D eigenvalue weighted by Crippen LogP contribution is -2.16. The molecule has 0 bridgehead atoms. The second-order valence-corrected chi connectivity index (χ2v) is 11.3. The minimum atomic E-state index is -0.0234. The third-order valence-electron chi connectivity index (χ3n) is 7.09. The summed E-state index contributed by atoms with van der Waals surface area (Å²) >= 11 is 0. The van der Waals surface area contributed by atoms with Gasteiger partial charge in [-0.15, -0.1) is 0 Å². The van der Waals surface area contributed by atoms with Gasteiger partial charge in [0, 0.05) is 16.4 Å². The van der Waals surface area contributed by atoms with Gasteiger partial charge in [0.2, 0.25) is 0 Å². The molecule has 5 rings (SSSR count). The quantitative estimate of drug-likeness (QED) is 0.302. The lowest BCUT2D eigenvalue weighted by Gasteiger charge is -2.25. The highest BCUT2D eigenvalue weighted by Gasteiger charge is 2.36. The molecule has 32 heavy (non-hydrogen) atoms. The molecule has 0 fully saturated rings. The van der Waals surface area contributed by atoms with Gasteiger partial charge in [-0.3, -0.25) is 0 Å². The van der Waals surface area contributed by atoms with E-state index in [4.69, 9.17) is 4.98 Å². The summed E-state index contributed by atoms with van der Waals surface area (Å²) in [5.74, 6) is 0. The Morgan fingerprint density at radius 3 is 2.00 bits per heavy atom. The molecular weight excluding hydrogens is 386 g/mol. The summed E-state index contributed by atoms with van der Waals surface area (Å²) < 4.78 is 0. The van der Waals surface area contributed by atoms with E-state index in [9.17, 15) is 0 Å². The van der Waals surface area contributed by atoms with Crippen molar-refractivity contribution in [3.63, 3.8) is 0 Å². The first-order chi connectivity index (χ1) is 14.9. The van der Waals surface area contributed by atoms with Gasteiger partial charge in [0.15, 0.2) is 0 Å². The number of fused-ring (bicyclic) bond motifs is 4. The van der Waals surface area contributed by atoms with Crippen LogP contribution in [0.5, 0.6) is 0 Å². The van der Waals surface area contributed by atoms with Crippen LogP contribution >= 0.6 is 0 Å². The smallest absolute Gasteiger partial charge is 0.0716 e. The minimum absolute atomic E-state index is 0.0211. The molecule has 0 unspecified atom stereocenters. The number of aromatic nitrogens is 1. The first kappa shape index (κ1) is 20.9. The van der Waals surface area contributed by atoms with Gasteiger partial charge in [-0.05, 0) is 84.3 Å². The van der Waals surface area contributed by atoms with Gasteiger partial charge >= 0.3 is 0 Å². The molecule has 1 nitrogen and oxygen atoms in total. The summed E-state index contributed by atoms with van der Waals surface area (Å²) in [5.41, 5.74) is 14.1. The molecule has 0 radical (unpaired) electrons. The van der Waals surface area contributed by atoms with Crippen molar-refractivity contribution in [1.29, 1.82) is 0 Å². The summed E-state index contributed by atoms with van der Waals surface area (Å²) in [4.78, 5) is 5.23. The van der Waals surface area contributed by atoms with E-state index in [1.807, 2.05) is 0 Å². The number of pyridine rings is 1. The molecule has 0 aliphatic heterocycles. The van der Waals surface area contributed by atoms with Crippen LogP contribution < -0.4 is 0 Å². The molecule has 1 heterocycles. The van der Waals surface area contributed by atoms with Crippen molar-refractivity contribution in [1.82, 2.24) is 4.98 Å². The Bertz CT molecular complexity index is 1380. The van der Waals surface area contributed by atoms with Crippen LogP contribution in [0.3, 0.4) is 0 Å². The lowest BCUT2D eigenvalue weighted by molar-refractivity contribution is 0.595. The van der Waals surface area contributed by atoms with Crippen LogP contribution in [0.1, 0.15) is 68.0 Å². The second kappa shape index (κ2) is 6.78. The van der Waals surface area contributed by atoms with Gasteiger partial charge in [0.05, 0.1) is 11.2 Å². The average Bonchev–Trinajstić information content (AvgIpc) is 2.90. The predicted molar refractivity (Wildman–Crippen MR) is 138 cm³/mol. The van der Waals surface area contributed by atoms with Crippen molar-refractivity contribution in [3.05, 3.63) is 88.0 Å². The van der Waals surface area contributed by atoms with Crippen LogP contribution in [-0.4, -0.2) is 4.98 Å². The van der Waals surface area contributed by atoms with Crippen LogP contribution in [0.15, 0.2) is 54.6 Å². The highest BCUT2D eigenvalue weighted by atomic mass is 14.7. The molecule has 0 atom stereocenters. The molecule has 162 valence electrons. The molecule has 1 aromatic heterocycles. The highest BCUT2D eigenvalue weighted by Crippen LogP contribution is 2.50. The Hall–Kier alpha value is -2.93. The zero-order valence-corrected chi connectivity index (χ0v) is 20.6. The van der Waals surface area contributed by atoms with Crippen molar-refractivity contribution < 1.29 is 0 Å². The van der Waals surface area contributed by atoms with Crippen LogP contribution in [0, 0.1) is 20.8 Å². The van der Waals surface area contributed by atoms with Gasteiger partial charge in [-0.25, -0.2) is 4.98 Å². The molecule has 0 spiro atoms. The van der Waals surface area contributed by atoms with E-state index in [1.165, 1.54) is 55.5 Å². The largest absolute Gasteiger partial charge is 0.248 e. The van der Waals surface area contributed by atoms with E-state index in [0.717, 1.165) is 11.2 Å². The summed E-state index contributed by atoms with van der Waals surface area (Å²) in [5, 5.41) is 1.27. The molecular formula is C31H33N. The highest BCUT2D eigenvalue weighted by molar-refractivity contribution is 5.95. The molecule has 0 saturated carbocycles. The number of nitrogens with zero attached hydrogens (tertiary/aromatic N) is 1. The third kappa shape index (κ3) is 3.18. The maximum absolute atomic E-state index is 5.23. The first-order valence-corrected chi connectivity index (χ1v) is 11.6. The fourth-order valence-electron chi connectivity index (χ4n) is 5.46. The van der Waals surface area contributed by atoms with Gasteiger partial charge in [-0.1, -0.05) is 75.6 Å². The van der Waals surface area contributed by atoms with Crippen LogP contribution in [0.25, 0.3) is 33.3 Å². The van der Waals surface area contributed by atoms with E-state index in [2.05, 4.69) is 110 Å². The summed E-state index contributed by atoms with van der Waals surface area (Å²) in [7, 11) is 0. The Morgan fingerprint density at radius 1 is 0.688 bits per heavy atom. The monoisotopic (exact) mass is 419 g/mol. The van der Waals surface area contributed by atoms with E-state index in [0.29, 0.717) is 0 Å². The maximum Gasteiger partial charge on any atom is 0.0716 e. The predicted octanol–water partition coefficient (Wildman–Crippen LogP) is 8.43. The molecule has 1 heteroatoms. The summed E-state index contributed by atoms with van der Waals surface area (Å²) in [6, 6.07) is 20.7. The lowest BCUT2D eigenvalue weighted by atomic mass is 9.80. The first-order valence-electron chi connectivity index (χ1n) is 11.6. The van der Waals surface area contributed by atoms with Crippen molar-refractivity contribution in [2.24, 2.45) is 0 Å². The van der Waals surface area contributed by atoms with E-state index >= 15 is 0 Å². The fourth-order valence-corrected chi connectivity index (χ4v) is 5.46. The molecule has 0 N–H and O–H groups in total. The van der Waals surface area contributed by atoms with Crippen molar-refractivity contribution in [2.45, 2.75) is 66.2 Å². The van der Waals surface area contributed by atoms with Gasteiger partial charge in [-0.2, -0.15) is 0 Å². The number of benzene rings is 3. The Labute approximate surface area is 192 Å². The zero-order chi connectivity index (χ0) is 23.0. The minimum Gasteiger partial charge on any atom is -0.248 e. The standard InChI is InChI=1S/C31H33N/c1-18-9-10-22-23-15-24-25(30(4,5)6)16-28(21-12-19(2)11-20(3)13-21)32-29(24)17-27(23)31(7,8)26(22)14-18/h9-17H,1-8H3. The normalized spacial score (nSPS) is 14.5. The average molecular weight is 420 g/mol. The molecule has 1 aliphatic carbocycles. The van der Waals surface area contributed by atoms with E-state index in [-0.39, 0.29) is 10.8 Å². The fraction of sp³-hybridized carbons (Fsp3) is 0.323. The number of aryl methyl sites for hydroxylation is 3. The van der Waals surface area contributed by atoms with Gasteiger partial charge in [0.25, 0.3) is 0 Å². The summed E-state index contributed by atoms with van der Waals surface area (Å²) in [6.45, 7) is 18.1. The SMILES string of the molecule is Cc1cc(C)cc(-c2cc(C(C)(C)C)c3cc4c(cc3n2)C(C)(C)c2cc(C)ccc2-4)c1. The number of rotatable bonds is 1. The van der Waals surface area contributed by atoms with Crippen LogP contribution in [0.4, 0.5) is 0 Å². The van der Waals surface area contributed by atoms with Crippen LogP contribution in [0.2, 0.25) is 0 Å². The molecule has 4 aromatic rings. The van der Waals surface area contributed by atoms with Crippen LogP contribution in [-0.2, 0) is 10.8 Å². The Kier molecular flexibility index (Phi) is 4.44. The van der Waals surface area contributed by atoms with Gasteiger partial charge < -0.3 is 0 Å². The topological polar surface area (TPSA) is 12.9 Å². The summed E-state index contributed by atoms with van der Waals surface area (Å²) in [6.07, 6.45) is 0. The second-order valence-electron chi connectivity index (χ2n) is 11.3. The third-order valence-corrected chi connectivity index (χ3v) is 7.09. The van der Waals surface area contributed by atoms with Crippen molar-refractivity contribution in [2.75, 3.05) is 0 Å². The zero-order valence-electron chi connectivity index (χ0n) is 20.6. The van der Waals surface area contributed by atoms with E-state index < -0.39 is 0 Å². The molecule has 0 amide bonds.